The molecule has 1 rings (SSSR count). The first-order valence-electron chi connectivity index (χ1n) is 4.31. The van der Waals surface area contributed by atoms with Crippen LogP contribution in [0.1, 0.15) is 6.92 Å². The van der Waals surface area contributed by atoms with Crippen molar-refractivity contribution < 1.29 is 15.0 Å². The number of benzene rings is 1. The summed E-state index contributed by atoms with van der Waals surface area (Å²) < 4.78 is 0. The minimum absolute atomic E-state index is 0.619. The van der Waals surface area contributed by atoms with Crippen LogP contribution in [0.15, 0.2) is 30.3 Å². The number of aliphatic hydroxyl groups is 1. The Kier molecular flexibility index (Phi) is 8.18. The van der Waals surface area contributed by atoms with Gasteiger partial charge in [0.2, 0.25) is 0 Å². The maximum absolute atomic E-state index is 9.82. The summed E-state index contributed by atoms with van der Waals surface area (Å²) in [6.45, 7) is 1.79. The molecule has 1 aromatic rings. The molecule has 2 N–H and O–H groups in total. The van der Waals surface area contributed by atoms with Crippen molar-refractivity contribution in [2.24, 2.45) is 0 Å². The molecule has 0 heterocycles. The molecule has 84 valence electrons. The molecular formula is C10H13ClO3S. The van der Waals surface area contributed by atoms with Gasteiger partial charge in [0.05, 0.1) is 0 Å². The maximum Gasteiger partial charge on any atom is 0.343 e. The number of halogens is 1. The van der Waals surface area contributed by atoms with Gasteiger partial charge in [0.1, 0.15) is 0 Å². The van der Waals surface area contributed by atoms with Gasteiger partial charge < -0.3 is 10.2 Å². The monoisotopic (exact) mass is 248 g/mol. The highest BCUT2D eigenvalue weighted by Crippen LogP contribution is 2.05. The topological polar surface area (TPSA) is 57.5 Å². The SMILES string of the molecule is CCSC(O)C(=O)O.Clc1ccccc1. The molecule has 0 saturated heterocycles. The molecule has 0 spiro atoms. The highest BCUT2D eigenvalue weighted by Gasteiger charge is 2.10. The van der Waals surface area contributed by atoms with Gasteiger partial charge in [0.15, 0.2) is 5.44 Å². The number of carboxylic acids is 1. The molecule has 3 nitrogen and oxygen atoms in total. The Morgan fingerprint density at radius 2 is 2.00 bits per heavy atom. The number of hydrogen-bond acceptors (Lipinski definition) is 3. The Morgan fingerprint density at radius 1 is 1.47 bits per heavy atom. The first-order valence-corrected chi connectivity index (χ1v) is 5.73. The third-order valence-corrected chi connectivity index (χ3v) is 2.37. The molecule has 1 aromatic carbocycles. The van der Waals surface area contributed by atoms with Gasteiger partial charge in [0, 0.05) is 5.02 Å². The van der Waals surface area contributed by atoms with Crippen LogP contribution in [0.2, 0.25) is 5.02 Å². The molecule has 15 heavy (non-hydrogen) atoms. The molecule has 0 bridgehead atoms. The summed E-state index contributed by atoms with van der Waals surface area (Å²) in [4.78, 5) is 9.82. The standard InChI is InChI=1S/C6H5Cl.C4H8O3S/c7-6-4-2-1-3-5-6;1-2-8-4(7)3(5)6/h1-5H;4,7H,2H2,1H3,(H,5,6). The van der Waals surface area contributed by atoms with Gasteiger partial charge in [-0.2, -0.15) is 0 Å². The van der Waals surface area contributed by atoms with Gasteiger partial charge in [-0.05, 0) is 17.9 Å². The van der Waals surface area contributed by atoms with Crippen molar-refractivity contribution >= 4 is 29.3 Å². The third-order valence-electron chi connectivity index (χ3n) is 1.27. The fourth-order valence-corrected chi connectivity index (χ4v) is 1.25. The Balaban J connectivity index is 0.000000262. The summed E-state index contributed by atoms with van der Waals surface area (Å²) in [5, 5.41) is 17.3. The molecule has 0 amide bonds. The number of hydrogen-bond donors (Lipinski definition) is 2. The maximum atomic E-state index is 9.82. The highest BCUT2D eigenvalue weighted by molar-refractivity contribution is 8.00. The summed E-state index contributed by atoms with van der Waals surface area (Å²) in [6, 6.07) is 9.44. The molecule has 0 aliphatic heterocycles. The largest absolute Gasteiger partial charge is 0.479 e. The van der Waals surface area contributed by atoms with Crippen molar-refractivity contribution in [2.45, 2.75) is 12.4 Å². The van der Waals surface area contributed by atoms with Crippen LogP contribution in [0.25, 0.3) is 0 Å². The van der Waals surface area contributed by atoms with E-state index in [0.717, 1.165) is 16.8 Å². The molecule has 0 aromatic heterocycles. The normalized spacial score (nSPS) is 11.1. The minimum atomic E-state index is -1.25. The van der Waals surface area contributed by atoms with Crippen LogP contribution in [0.3, 0.4) is 0 Å². The van der Waals surface area contributed by atoms with E-state index in [2.05, 4.69) is 0 Å². The van der Waals surface area contributed by atoms with Crippen LogP contribution in [0, 0.1) is 0 Å². The lowest BCUT2D eigenvalue weighted by atomic mass is 10.4. The van der Waals surface area contributed by atoms with E-state index in [9.17, 15) is 4.79 Å². The van der Waals surface area contributed by atoms with E-state index in [1.54, 1.807) is 6.92 Å². The van der Waals surface area contributed by atoms with E-state index in [1.165, 1.54) is 0 Å². The summed E-state index contributed by atoms with van der Waals surface area (Å²) >= 11 is 6.54. The Hall–Kier alpha value is -0.710. The zero-order chi connectivity index (χ0) is 11.7. The fraction of sp³-hybridized carbons (Fsp3) is 0.300. The van der Waals surface area contributed by atoms with Crippen molar-refractivity contribution in [2.75, 3.05) is 5.75 Å². The molecule has 0 aliphatic carbocycles. The summed E-state index contributed by atoms with van der Waals surface area (Å²) in [5.41, 5.74) is -1.25. The van der Waals surface area contributed by atoms with Crippen molar-refractivity contribution in [3.63, 3.8) is 0 Å². The van der Waals surface area contributed by atoms with Crippen LogP contribution >= 0.6 is 23.4 Å². The highest BCUT2D eigenvalue weighted by atomic mass is 35.5. The quantitative estimate of drug-likeness (QED) is 0.807. The van der Waals surface area contributed by atoms with Gasteiger partial charge in [0.25, 0.3) is 0 Å². The number of aliphatic carboxylic acids is 1. The predicted molar refractivity (Wildman–Crippen MR) is 63.2 cm³/mol. The van der Waals surface area contributed by atoms with Crippen molar-refractivity contribution in [3.8, 4) is 0 Å². The van der Waals surface area contributed by atoms with Crippen LogP contribution in [0.5, 0.6) is 0 Å². The van der Waals surface area contributed by atoms with E-state index in [-0.39, 0.29) is 0 Å². The minimum Gasteiger partial charge on any atom is -0.479 e. The predicted octanol–water partition coefficient (Wildman–Crippen LogP) is 2.48. The molecule has 1 unspecified atom stereocenters. The second kappa shape index (κ2) is 8.59. The summed E-state index contributed by atoms with van der Waals surface area (Å²) in [7, 11) is 0. The number of aliphatic hydroxyl groups excluding tert-OH is 1. The van der Waals surface area contributed by atoms with E-state index < -0.39 is 11.4 Å². The summed E-state index contributed by atoms with van der Waals surface area (Å²) in [5.74, 6) is -0.551. The summed E-state index contributed by atoms with van der Waals surface area (Å²) in [6.07, 6.45) is 0. The Morgan fingerprint density at radius 3 is 2.20 bits per heavy atom. The molecule has 5 heteroatoms. The molecule has 0 aliphatic rings. The molecule has 0 radical (unpaired) electrons. The van der Waals surface area contributed by atoms with E-state index in [0.29, 0.717) is 5.75 Å². The van der Waals surface area contributed by atoms with E-state index in [1.807, 2.05) is 30.3 Å². The second-order valence-electron chi connectivity index (χ2n) is 2.44. The van der Waals surface area contributed by atoms with Crippen molar-refractivity contribution in [1.82, 2.24) is 0 Å². The lowest BCUT2D eigenvalue weighted by Gasteiger charge is -1.99. The van der Waals surface area contributed by atoms with Crippen LogP contribution < -0.4 is 0 Å². The van der Waals surface area contributed by atoms with Crippen LogP contribution in [0.4, 0.5) is 0 Å². The Labute approximate surface area is 98.1 Å². The van der Waals surface area contributed by atoms with Crippen LogP contribution in [-0.4, -0.2) is 27.4 Å². The lowest BCUT2D eigenvalue weighted by molar-refractivity contribution is -0.141. The number of thioether (sulfide) groups is 1. The van der Waals surface area contributed by atoms with Gasteiger partial charge >= 0.3 is 5.97 Å². The number of carbonyl (C=O) groups is 1. The van der Waals surface area contributed by atoms with E-state index >= 15 is 0 Å². The second-order valence-corrected chi connectivity index (χ2v) is 4.24. The zero-order valence-corrected chi connectivity index (χ0v) is 9.83. The number of carboxylic acid groups (broad SMARTS) is 1. The van der Waals surface area contributed by atoms with Gasteiger partial charge in [-0.3, -0.25) is 0 Å². The molecular weight excluding hydrogens is 236 g/mol. The zero-order valence-electron chi connectivity index (χ0n) is 8.26. The molecule has 1 atom stereocenters. The first-order chi connectivity index (χ1) is 7.07. The van der Waals surface area contributed by atoms with Gasteiger partial charge in [-0.1, -0.05) is 36.7 Å². The average Bonchev–Trinajstić information content (AvgIpc) is 2.20. The van der Waals surface area contributed by atoms with Gasteiger partial charge in [-0.15, -0.1) is 11.8 Å². The number of rotatable bonds is 3. The van der Waals surface area contributed by atoms with Crippen molar-refractivity contribution in [1.29, 1.82) is 0 Å². The van der Waals surface area contributed by atoms with E-state index in [4.69, 9.17) is 21.8 Å². The lowest BCUT2D eigenvalue weighted by Crippen LogP contribution is -2.14. The average molecular weight is 249 g/mol. The Bertz CT molecular complexity index is 279. The van der Waals surface area contributed by atoms with Crippen molar-refractivity contribution in [3.05, 3.63) is 35.4 Å². The molecule has 0 saturated carbocycles. The smallest absolute Gasteiger partial charge is 0.343 e. The third kappa shape index (κ3) is 8.30. The van der Waals surface area contributed by atoms with Crippen LogP contribution in [-0.2, 0) is 4.79 Å². The van der Waals surface area contributed by atoms with Gasteiger partial charge in [-0.25, -0.2) is 4.79 Å². The molecule has 0 fully saturated rings. The first kappa shape index (κ1) is 14.3. The fourth-order valence-electron chi connectivity index (χ4n) is 0.644.